The number of para-hydroxylation sites is 1. The fourth-order valence-electron chi connectivity index (χ4n) is 3.16. The largest absolute Gasteiger partial charge is 0.497 e. The third-order valence-electron chi connectivity index (χ3n) is 4.74. The highest BCUT2D eigenvalue weighted by atomic mass is 16.5. The molecule has 0 radical (unpaired) electrons. The van der Waals surface area contributed by atoms with E-state index in [0.717, 1.165) is 5.56 Å². The molecule has 0 aromatic heterocycles. The van der Waals surface area contributed by atoms with Gasteiger partial charge in [-0.3, -0.25) is 4.79 Å². The lowest BCUT2D eigenvalue weighted by Gasteiger charge is -2.20. The first kappa shape index (κ1) is 20.1. The summed E-state index contributed by atoms with van der Waals surface area (Å²) in [5.74, 6) is -0.456. The summed E-state index contributed by atoms with van der Waals surface area (Å²) < 4.78 is 5.16. The number of methoxy groups -OCH3 is 1. The standard InChI is InChI=1S/C24H23NO4/c1-29-19-14-12-18(13-15-19)23(26)22(16-11-17-7-3-2-4-8-17)25-21-10-6-5-9-20(21)24(27)28/h2-10,12-15,22,25H,11,16H2,1H3,(H,27,28). The number of aromatic carboxylic acids is 1. The highest BCUT2D eigenvalue weighted by Gasteiger charge is 2.22. The Hall–Kier alpha value is -3.60. The van der Waals surface area contributed by atoms with Gasteiger partial charge in [0.15, 0.2) is 5.78 Å². The van der Waals surface area contributed by atoms with Crippen LogP contribution in [0.25, 0.3) is 0 Å². The molecule has 0 heterocycles. The molecule has 0 bridgehead atoms. The monoisotopic (exact) mass is 389 g/mol. The highest BCUT2D eigenvalue weighted by molar-refractivity contribution is 6.03. The van der Waals surface area contributed by atoms with E-state index in [9.17, 15) is 14.7 Å². The second-order valence-corrected chi connectivity index (χ2v) is 6.66. The van der Waals surface area contributed by atoms with E-state index in [1.54, 1.807) is 49.6 Å². The summed E-state index contributed by atoms with van der Waals surface area (Å²) in [4.78, 5) is 24.8. The molecule has 0 amide bonds. The van der Waals surface area contributed by atoms with E-state index in [1.165, 1.54) is 6.07 Å². The van der Waals surface area contributed by atoms with Crippen molar-refractivity contribution in [2.24, 2.45) is 0 Å². The summed E-state index contributed by atoms with van der Waals surface area (Å²) in [5, 5.41) is 12.6. The van der Waals surface area contributed by atoms with Crippen LogP contribution in [0, 0.1) is 0 Å². The Kier molecular flexibility index (Phi) is 6.63. The van der Waals surface area contributed by atoms with Crippen molar-refractivity contribution in [3.63, 3.8) is 0 Å². The predicted molar refractivity (Wildman–Crippen MR) is 113 cm³/mol. The third kappa shape index (κ3) is 5.23. The lowest BCUT2D eigenvalue weighted by Crippen LogP contribution is -2.31. The number of benzene rings is 3. The van der Waals surface area contributed by atoms with E-state index in [-0.39, 0.29) is 11.3 Å². The number of Topliss-reactive ketones (excluding diaryl/α,β-unsaturated/α-hetero) is 1. The van der Waals surface area contributed by atoms with Crippen molar-refractivity contribution in [2.45, 2.75) is 18.9 Å². The summed E-state index contributed by atoms with van der Waals surface area (Å²) >= 11 is 0. The maximum absolute atomic E-state index is 13.2. The van der Waals surface area contributed by atoms with Gasteiger partial charge >= 0.3 is 5.97 Å². The Morgan fingerprint density at radius 3 is 2.24 bits per heavy atom. The van der Waals surface area contributed by atoms with Crippen molar-refractivity contribution in [3.8, 4) is 5.75 Å². The van der Waals surface area contributed by atoms with Crippen LogP contribution in [0.5, 0.6) is 5.75 Å². The number of aryl methyl sites for hydroxylation is 1. The van der Waals surface area contributed by atoms with E-state index >= 15 is 0 Å². The molecule has 0 saturated heterocycles. The fraction of sp³-hybridized carbons (Fsp3) is 0.167. The average molecular weight is 389 g/mol. The molecule has 0 fully saturated rings. The topological polar surface area (TPSA) is 75.6 Å². The Balaban J connectivity index is 1.86. The molecule has 0 aliphatic rings. The maximum atomic E-state index is 13.2. The molecule has 3 rings (SSSR count). The third-order valence-corrected chi connectivity index (χ3v) is 4.74. The van der Waals surface area contributed by atoms with E-state index < -0.39 is 12.0 Å². The van der Waals surface area contributed by atoms with Crippen LogP contribution in [-0.4, -0.2) is 30.0 Å². The van der Waals surface area contributed by atoms with Crippen molar-refractivity contribution in [3.05, 3.63) is 95.6 Å². The molecule has 3 aromatic rings. The Bertz CT molecular complexity index is 968. The second kappa shape index (κ2) is 9.55. The summed E-state index contributed by atoms with van der Waals surface area (Å²) in [6.45, 7) is 0. The molecule has 1 unspecified atom stereocenters. The zero-order valence-electron chi connectivity index (χ0n) is 16.2. The van der Waals surface area contributed by atoms with Gasteiger partial charge in [-0.25, -0.2) is 4.79 Å². The number of carboxylic acids is 1. The number of carbonyl (C=O) groups is 2. The minimum Gasteiger partial charge on any atom is -0.497 e. The number of ether oxygens (including phenoxy) is 1. The van der Waals surface area contributed by atoms with Gasteiger partial charge in [-0.2, -0.15) is 0 Å². The molecular weight excluding hydrogens is 366 g/mol. The first-order chi connectivity index (χ1) is 14.1. The number of anilines is 1. The Labute approximate surface area is 170 Å². The van der Waals surface area contributed by atoms with Crippen LogP contribution in [0.3, 0.4) is 0 Å². The highest BCUT2D eigenvalue weighted by Crippen LogP contribution is 2.21. The van der Waals surface area contributed by atoms with Gasteiger partial charge < -0.3 is 15.2 Å². The van der Waals surface area contributed by atoms with E-state index in [0.29, 0.717) is 29.8 Å². The molecule has 5 heteroatoms. The summed E-state index contributed by atoms with van der Waals surface area (Å²) in [6.07, 6.45) is 1.22. The summed E-state index contributed by atoms with van der Waals surface area (Å²) in [7, 11) is 1.57. The first-order valence-corrected chi connectivity index (χ1v) is 9.39. The van der Waals surface area contributed by atoms with Crippen LogP contribution in [0.1, 0.15) is 32.7 Å². The van der Waals surface area contributed by atoms with Gasteiger partial charge in [0.1, 0.15) is 5.75 Å². The number of carboxylic acid groups (broad SMARTS) is 1. The molecule has 1 atom stereocenters. The SMILES string of the molecule is COc1ccc(C(=O)C(CCc2ccccc2)Nc2ccccc2C(=O)O)cc1. The average Bonchev–Trinajstić information content (AvgIpc) is 2.77. The van der Waals surface area contributed by atoms with Gasteiger partial charge in [0, 0.05) is 11.3 Å². The van der Waals surface area contributed by atoms with Gasteiger partial charge in [-0.1, -0.05) is 42.5 Å². The van der Waals surface area contributed by atoms with E-state index in [2.05, 4.69) is 5.32 Å². The van der Waals surface area contributed by atoms with Crippen molar-refractivity contribution in [2.75, 3.05) is 12.4 Å². The molecule has 2 N–H and O–H groups in total. The minimum atomic E-state index is -1.04. The number of ketones is 1. The minimum absolute atomic E-state index is 0.0937. The number of nitrogens with one attached hydrogen (secondary N) is 1. The van der Waals surface area contributed by atoms with Crippen LogP contribution < -0.4 is 10.1 Å². The lowest BCUT2D eigenvalue weighted by molar-refractivity contribution is 0.0697. The molecule has 5 nitrogen and oxygen atoms in total. The number of hydrogen-bond acceptors (Lipinski definition) is 4. The van der Waals surface area contributed by atoms with Gasteiger partial charge in [0.2, 0.25) is 0 Å². The van der Waals surface area contributed by atoms with Crippen LogP contribution >= 0.6 is 0 Å². The smallest absolute Gasteiger partial charge is 0.337 e. The van der Waals surface area contributed by atoms with Crippen LogP contribution in [0.4, 0.5) is 5.69 Å². The maximum Gasteiger partial charge on any atom is 0.337 e. The van der Waals surface area contributed by atoms with Gasteiger partial charge in [-0.05, 0) is 54.8 Å². The van der Waals surface area contributed by atoms with Crippen molar-refractivity contribution < 1.29 is 19.4 Å². The van der Waals surface area contributed by atoms with Crippen LogP contribution in [-0.2, 0) is 6.42 Å². The van der Waals surface area contributed by atoms with Crippen molar-refractivity contribution >= 4 is 17.4 Å². The molecular formula is C24H23NO4. The molecule has 3 aromatic carbocycles. The van der Waals surface area contributed by atoms with Crippen molar-refractivity contribution in [1.82, 2.24) is 0 Å². The first-order valence-electron chi connectivity index (χ1n) is 9.39. The summed E-state index contributed by atoms with van der Waals surface area (Å²) in [5.41, 5.74) is 2.23. The zero-order chi connectivity index (χ0) is 20.6. The number of hydrogen-bond donors (Lipinski definition) is 2. The second-order valence-electron chi connectivity index (χ2n) is 6.66. The molecule has 148 valence electrons. The normalized spacial score (nSPS) is 11.5. The van der Waals surface area contributed by atoms with Gasteiger partial charge in [0.05, 0.1) is 18.7 Å². The molecule has 0 aliphatic carbocycles. The quantitative estimate of drug-likeness (QED) is 0.519. The van der Waals surface area contributed by atoms with Crippen LogP contribution in [0.15, 0.2) is 78.9 Å². The van der Waals surface area contributed by atoms with E-state index in [1.807, 2.05) is 30.3 Å². The lowest BCUT2D eigenvalue weighted by atomic mass is 9.97. The Morgan fingerprint density at radius 2 is 1.59 bits per heavy atom. The summed E-state index contributed by atoms with van der Waals surface area (Å²) in [6, 6.07) is 22.9. The molecule has 0 spiro atoms. The van der Waals surface area contributed by atoms with E-state index in [4.69, 9.17) is 4.74 Å². The predicted octanol–water partition coefficient (Wildman–Crippen LogP) is 4.69. The fourth-order valence-corrected chi connectivity index (χ4v) is 3.16. The van der Waals surface area contributed by atoms with Gasteiger partial charge in [0.25, 0.3) is 0 Å². The van der Waals surface area contributed by atoms with Crippen LogP contribution in [0.2, 0.25) is 0 Å². The van der Waals surface area contributed by atoms with Crippen molar-refractivity contribution in [1.29, 1.82) is 0 Å². The number of carbonyl (C=O) groups excluding carboxylic acids is 1. The molecule has 29 heavy (non-hydrogen) atoms. The molecule has 0 saturated carbocycles. The zero-order valence-corrected chi connectivity index (χ0v) is 16.2. The molecule has 0 aliphatic heterocycles. The van der Waals surface area contributed by atoms with Gasteiger partial charge in [-0.15, -0.1) is 0 Å². The Morgan fingerprint density at radius 1 is 0.931 bits per heavy atom. The number of rotatable bonds is 9.